The molecule has 1 saturated carbocycles. The zero-order valence-corrected chi connectivity index (χ0v) is 11.4. The van der Waals surface area contributed by atoms with Gasteiger partial charge in [-0.05, 0) is 25.0 Å². The monoisotopic (exact) mass is 281 g/mol. The molecule has 0 unspecified atom stereocenters. The van der Waals surface area contributed by atoms with Gasteiger partial charge in [0.1, 0.15) is 0 Å². The number of nitrogens with one attached hydrogen (secondary N) is 1. The molecule has 0 aromatic heterocycles. The summed E-state index contributed by atoms with van der Waals surface area (Å²) in [6, 6.07) is 6.10. The number of halogens is 1. The van der Waals surface area contributed by atoms with E-state index in [4.69, 9.17) is 4.74 Å². The average molecular weight is 281 g/mol. The Hall–Kier alpha value is -1.62. The molecule has 4 nitrogen and oxygen atoms in total. The van der Waals surface area contributed by atoms with Crippen LogP contribution in [0.3, 0.4) is 0 Å². The molecular formula is C15H20FNO3. The van der Waals surface area contributed by atoms with E-state index in [-0.39, 0.29) is 31.3 Å². The van der Waals surface area contributed by atoms with Gasteiger partial charge in [-0.2, -0.15) is 0 Å². The zero-order valence-electron chi connectivity index (χ0n) is 11.4. The van der Waals surface area contributed by atoms with Crippen LogP contribution in [0, 0.1) is 5.82 Å². The number of rotatable bonds is 6. The highest BCUT2D eigenvalue weighted by atomic mass is 19.1. The molecule has 0 aliphatic heterocycles. The maximum Gasteiger partial charge on any atom is 0.223 e. The van der Waals surface area contributed by atoms with Crippen LogP contribution in [0.1, 0.15) is 32.1 Å². The molecule has 20 heavy (non-hydrogen) atoms. The van der Waals surface area contributed by atoms with E-state index in [1.807, 2.05) is 0 Å². The number of para-hydroxylation sites is 1. The van der Waals surface area contributed by atoms with Crippen LogP contribution in [-0.2, 0) is 4.79 Å². The number of aliphatic hydroxyl groups excluding tert-OH is 1. The van der Waals surface area contributed by atoms with E-state index in [1.54, 1.807) is 12.1 Å². The summed E-state index contributed by atoms with van der Waals surface area (Å²) in [6.07, 6.45) is 3.81. The smallest absolute Gasteiger partial charge is 0.223 e. The van der Waals surface area contributed by atoms with Crippen molar-refractivity contribution in [3.05, 3.63) is 30.1 Å². The number of aliphatic hydroxyl groups is 1. The second-order valence-electron chi connectivity index (χ2n) is 5.22. The maximum absolute atomic E-state index is 13.3. The Kier molecular flexibility index (Phi) is 4.95. The van der Waals surface area contributed by atoms with E-state index < -0.39 is 11.4 Å². The highest BCUT2D eigenvalue weighted by Crippen LogP contribution is 2.29. The van der Waals surface area contributed by atoms with Gasteiger partial charge in [0.2, 0.25) is 5.91 Å². The summed E-state index contributed by atoms with van der Waals surface area (Å²) in [7, 11) is 0. The Labute approximate surface area is 117 Å². The molecule has 1 aromatic carbocycles. The van der Waals surface area contributed by atoms with Gasteiger partial charge >= 0.3 is 0 Å². The molecule has 0 bridgehead atoms. The quantitative estimate of drug-likeness (QED) is 0.838. The molecule has 2 N–H and O–H groups in total. The lowest BCUT2D eigenvalue weighted by Gasteiger charge is -2.27. The van der Waals surface area contributed by atoms with Crippen molar-refractivity contribution < 1.29 is 19.0 Å². The Morgan fingerprint density at radius 2 is 2.05 bits per heavy atom. The third kappa shape index (κ3) is 3.70. The van der Waals surface area contributed by atoms with Crippen molar-refractivity contribution in [2.24, 2.45) is 0 Å². The predicted molar refractivity (Wildman–Crippen MR) is 72.9 cm³/mol. The predicted octanol–water partition coefficient (Wildman–Crippen LogP) is 2.02. The first-order valence-corrected chi connectivity index (χ1v) is 6.94. The lowest BCUT2D eigenvalue weighted by atomic mass is 9.99. The van der Waals surface area contributed by atoms with E-state index in [0.29, 0.717) is 0 Å². The lowest BCUT2D eigenvalue weighted by molar-refractivity contribution is -0.124. The van der Waals surface area contributed by atoms with Crippen LogP contribution in [0.4, 0.5) is 4.39 Å². The first kappa shape index (κ1) is 14.8. The van der Waals surface area contributed by atoms with Gasteiger partial charge in [-0.25, -0.2) is 4.39 Å². The van der Waals surface area contributed by atoms with E-state index in [9.17, 15) is 14.3 Å². The fourth-order valence-corrected chi connectivity index (χ4v) is 2.55. The molecule has 110 valence electrons. The summed E-state index contributed by atoms with van der Waals surface area (Å²) in [5.41, 5.74) is -0.463. The van der Waals surface area contributed by atoms with Crippen LogP contribution in [0.5, 0.6) is 5.75 Å². The fraction of sp³-hybridized carbons (Fsp3) is 0.533. The number of benzene rings is 1. The Balaban J connectivity index is 1.77. The van der Waals surface area contributed by atoms with Gasteiger partial charge in [0.25, 0.3) is 0 Å². The third-order valence-electron chi connectivity index (χ3n) is 3.69. The number of carbonyl (C=O) groups excluding carboxylic acids is 1. The summed E-state index contributed by atoms with van der Waals surface area (Å²) >= 11 is 0. The summed E-state index contributed by atoms with van der Waals surface area (Å²) in [5, 5.41) is 12.3. The van der Waals surface area contributed by atoms with Crippen LogP contribution >= 0.6 is 0 Å². The standard InChI is InChI=1S/C15H20FNO3/c16-12-5-1-2-6-13(12)20-10-7-14(19)17-15(11-18)8-3-4-9-15/h1-2,5-6,18H,3-4,7-11H2,(H,17,19). The number of ether oxygens (including phenoxy) is 1. The highest BCUT2D eigenvalue weighted by Gasteiger charge is 2.34. The molecule has 0 atom stereocenters. The molecule has 0 radical (unpaired) electrons. The van der Waals surface area contributed by atoms with Gasteiger partial charge in [-0.1, -0.05) is 25.0 Å². The summed E-state index contributed by atoms with van der Waals surface area (Å²) in [4.78, 5) is 11.8. The first-order valence-electron chi connectivity index (χ1n) is 6.94. The lowest BCUT2D eigenvalue weighted by Crippen LogP contribution is -2.49. The third-order valence-corrected chi connectivity index (χ3v) is 3.69. The zero-order chi connectivity index (χ0) is 14.4. The highest BCUT2D eigenvalue weighted by molar-refractivity contribution is 5.77. The summed E-state index contributed by atoms with van der Waals surface area (Å²) < 4.78 is 18.5. The van der Waals surface area contributed by atoms with Gasteiger partial charge in [-0.15, -0.1) is 0 Å². The molecule has 0 spiro atoms. The summed E-state index contributed by atoms with van der Waals surface area (Å²) in [5.74, 6) is -0.453. The van der Waals surface area contributed by atoms with Crippen molar-refractivity contribution in [2.45, 2.75) is 37.6 Å². The van der Waals surface area contributed by atoms with Gasteiger partial charge in [0.05, 0.1) is 25.2 Å². The minimum atomic E-state index is -0.463. The van der Waals surface area contributed by atoms with E-state index in [1.165, 1.54) is 12.1 Å². The van der Waals surface area contributed by atoms with Crippen molar-refractivity contribution in [1.29, 1.82) is 0 Å². The minimum absolute atomic E-state index is 0.0348. The number of hydrogen-bond acceptors (Lipinski definition) is 3. The number of amides is 1. The van der Waals surface area contributed by atoms with Crippen molar-refractivity contribution in [1.82, 2.24) is 5.32 Å². The maximum atomic E-state index is 13.3. The molecule has 2 rings (SSSR count). The largest absolute Gasteiger partial charge is 0.490 e. The van der Waals surface area contributed by atoms with Crippen LogP contribution in [-0.4, -0.2) is 29.8 Å². The second kappa shape index (κ2) is 6.70. The molecular weight excluding hydrogens is 261 g/mol. The van der Waals surface area contributed by atoms with Crippen molar-refractivity contribution in [3.63, 3.8) is 0 Å². The number of carbonyl (C=O) groups is 1. The number of hydrogen-bond donors (Lipinski definition) is 2. The average Bonchev–Trinajstić information content (AvgIpc) is 2.90. The topological polar surface area (TPSA) is 58.6 Å². The second-order valence-corrected chi connectivity index (χ2v) is 5.22. The van der Waals surface area contributed by atoms with Crippen LogP contribution in [0.25, 0.3) is 0 Å². The molecule has 1 aromatic rings. The SMILES string of the molecule is O=C(CCOc1ccccc1F)NC1(CO)CCCC1. The van der Waals surface area contributed by atoms with Crippen LogP contribution in [0.15, 0.2) is 24.3 Å². The first-order chi connectivity index (χ1) is 9.65. The van der Waals surface area contributed by atoms with Gasteiger partial charge in [0, 0.05) is 0 Å². The molecule has 1 aliphatic carbocycles. The van der Waals surface area contributed by atoms with E-state index in [0.717, 1.165) is 25.7 Å². The molecule has 0 heterocycles. The fourth-order valence-electron chi connectivity index (χ4n) is 2.55. The molecule has 1 aliphatic rings. The Morgan fingerprint density at radius 1 is 1.35 bits per heavy atom. The van der Waals surface area contributed by atoms with E-state index >= 15 is 0 Å². The molecule has 1 fully saturated rings. The van der Waals surface area contributed by atoms with Crippen LogP contribution < -0.4 is 10.1 Å². The van der Waals surface area contributed by atoms with Crippen molar-refractivity contribution >= 4 is 5.91 Å². The van der Waals surface area contributed by atoms with Crippen molar-refractivity contribution in [2.75, 3.05) is 13.2 Å². The molecule has 0 saturated heterocycles. The van der Waals surface area contributed by atoms with Crippen LogP contribution in [0.2, 0.25) is 0 Å². The summed E-state index contributed by atoms with van der Waals surface area (Å²) in [6.45, 7) is 0.0845. The molecule has 5 heteroatoms. The van der Waals surface area contributed by atoms with Crippen molar-refractivity contribution in [3.8, 4) is 5.75 Å². The van der Waals surface area contributed by atoms with E-state index in [2.05, 4.69) is 5.32 Å². The normalized spacial score (nSPS) is 16.9. The minimum Gasteiger partial charge on any atom is -0.490 e. The van der Waals surface area contributed by atoms with Gasteiger partial charge < -0.3 is 15.2 Å². The Bertz CT molecular complexity index is 458. The van der Waals surface area contributed by atoms with Gasteiger partial charge in [-0.3, -0.25) is 4.79 Å². The molecule has 1 amide bonds. The Morgan fingerprint density at radius 3 is 2.70 bits per heavy atom. The van der Waals surface area contributed by atoms with Gasteiger partial charge in [0.15, 0.2) is 11.6 Å².